The van der Waals surface area contributed by atoms with Crippen LogP contribution in [0.2, 0.25) is 0 Å². The summed E-state index contributed by atoms with van der Waals surface area (Å²) in [7, 11) is -3.16. The molecule has 144 valence electrons. The van der Waals surface area contributed by atoms with Crippen molar-refractivity contribution in [2.45, 2.75) is 44.7 Å². The fourth-order valence-electron chi connectivity index (χ4n) is 3.26. The first-order chi connectivity index (χ1) is 12.6. The Morgan fingerprint density at radius 1 is 1.33 bits per heavy atom. The molecule has 1 aliphatic heterocycles. The summed E-state index contributed by atoms with van der Waals surface area (Å²) in [5.74, 6) is -0.326. The van der Waals surface area contributed by atoms with Gasteiger partial charge in [-0.05, 0) is 60.3 Å². The summed E-state index contributed by atoms with van der Waals surface area (Å²) < 4.78 is 26.0. The molecule has 27 heavy (non-hydrogen) atoms. The third kappa shape index (κ3) is 3.73. The van der Waals surface area contributed by atoms with E-state index in [-0.39, 0.29) is 29.3 Å². The summed E-state index contributed by atoms with van der Waals surface area (Å²) in [5, 5.41) is 2.76. The molecule has 0 aliphatic carbocycles. The van der Waals surface area contributed by atoms with Crippen molar-refractivity contribution in [3.05, 3.63) is 61.5 Å². The van der Waals surface area contributed by atoms with Gasteiger partial charge >= 0.3 is 0 Å². The highest BCUT2D eigenvalue weighted by Gasteiger charge is 2.26. The van der Waals surface area contributed by atoms with Crippen molar-refractivity contribution in [2.24, 2.45) is 0 Å². The summed E-state index contributed by atoms with van der Waals surface area (Å²) in [6.07, 6.45) is 2.07. The number of nitrogens with one attached hydrogen (secondary N) is 1. The highest BCUT2D eigenvalue weighted by Crippen LogP contribution is 2.26. The molecule has 3 rings (SSSR count). The van der Waals surface area contributed by atoms with E-state index in [0.717, 1.165) is 16.8 Å². The first-order valence-corrected chi connectivity index (χ1v) is 11.1. The summed E-state index contributed by atoms with van der Waals surface area (Å²) in [4.78, 5) is 25.4. The molecule has 0 bridgehead atoms. The van der Waals surface area contributed by atoms with E-state index in [4.69, 9.17) is 0 Å². The highest BCUT2D eigenvalue weighted by molar-refractivity contribution is 9.10. The number of sulfone groups is 1. The van der Waals surface area contributed by atoms with Crippen LogP contribution in [0.3, 0.4) is 0 Å². The number of nitrogens with zero attached hydrogens (tertiary/aromatic N) is 1. The van der Waals surface area contributed by atoms with Gasteiger partial charge in [-0.25, -0.2) is 8.42 Å². The van der Waals surface area contributed by atoms with E-state index in [0.29, 0.717) is 15.8 Å². The Balaban J connectivity index is 1.82. The monoisotopic (exact) mass is 452 g/mol. The molecule has 0 radical (unpaired) electrons. The van der Waals surface area contributed by atoms with Gasteiger partial charge in [-0.15, -0.1) is 0 Å². The summed E-state index contributed by atoms with van der Waals surface area (Å²) in [6, 6.07) is 5.19. The van der Waals surface area contributed by atoms with E-state index < -0.39 is 15.7 Å². The van der Waals surface area contributed by atoms with E-state index >= 15 is 0 Å². The number of hydrogen-bond donors (Lipinski definition) is 1. The molecule has 1 aliphatic rings. The standard InChI is InChI=1S/C19H21BrN2O4S/c1-11(2)22-10-15(18(23)17(20)12(22)3)19(24)21-9-13-4-5-16-14(8-13)6-7-27(16,25)26/h4-5,8,10-11H,6-7,9H2,1-3H3,(H,21,24). The lowest BCUT2D eigenvalue weighted by atomic mass is 10.1. The number of rotatable bonds is 4. The lowest BCUT2D eigenvalue weighted by Gasteiger charge is -2.17. The van der Waals surface area contributed by atoms with Gasteiger partial charge in [0.1, 0.15) is 5.56 Å². The smallest absolute Gasteiger partial charge is 0.257 e. The van der Waals surface area contributed by atoms with Crippen molar-refractivity contribution in [1.29, 1.82) is 0 Å². The van der Waals surface area contributed by atoms with Crippen LogP contribution in [0, 0.1) is 6.92 Å². The van der Waals surface area contributed by atoms with Gasteiger partial charge in [0, 0.05) is 24.5 Å². The van der Waals surface area contributed by atoms with Gasteiger partial charge in [0.05, 0.1) is 15.1 Å². The molecule has 0 spiro atoms. The average molecular weight is 453 g/mol. The molecule has 2 aromatic rings. The molecule has 6 nitrogen and oxygen atoms in total. The van der Waals surface area contributed by atoms with Crippen LogP contribution in [0.15, 0.2) is 38.6 Å². The Kier molecular flexibility index (Phi) is 5.31. The minimum absolute atomic E-state index is 0.0740. The third-order valence-electron chi connectivity index (χ3n) is 4.77. The maximum Gasteiger partial charge on any atom is 0.257 e. The molecular weight excluding hydrogens is 432 g/mol. The van der Waals surface area contributed by atoms with Crippen LogP contribution in [0.5, 0.6) is 0 Å². The van der Waals surface area contributed by atoms with Gasteiger partial charge in [0.15, 0.2) is 9.84 Å². The molecule has 1 aromatic carbocycles. The Morgan fingerprint density at radius 2 is 2.04 bits per heavy atom. The normalized spacial score (nSPS) is 15.0. The summed E-state index contributed by atoms with van der Waals surface area (Å²) in [5.41, 5.74) is 2.08. The van der Waals surface area contributed by atoms with Gasteiger partial charge < -0.3 is 9.88 Å². The maximum absolute atomic E-state index is 12.6. The predicted molar refractivity (Wildman–Crippen MR) is 107 cm³/mol. The third-order valence-corrected chi connectivity index (χ3v) is 7.52. The Morgan fingerprint density at radius 3 is 2.70 bits per heavy atom. The van der Waals surface area contributed by atoms with Crippen LogP contribution >= 0.6 is 15.9 Å². The van der Waals surface area contributed by atoms with E-state index in [1.165, 1.54) is 0 Å². The highest BCUT2D eigenvalue weighted by atomic mass is 79.9. The SMILES string of the molecule is Cc1c(Br)c(=O)c(C(=O)NCc2ccc3c(c2)CCS3(=O)=O)cn1C(C)C. The second-order valence-corrected chi connectivity index (χ2v) is 9.84. The molecule has 1 amide bonds. The first kappa shape index (κ1) is 19.8. The molecule has 0 saturated carbocycles. The van der Waals surface area contributed by atoms with E-state index in [1.54, 1.807) is 24.4 Å². The maximum atomic E-state index is 12.6. The van der Waals surface area contributed by atoms with Crippen molar-refractivity contribution >= 4 is 31.7 Å². The zero-order chi connectivity index (χ0) is 19.9. The lowest BCUT2D eigenvalue weighted by molar-refractivity contribution is 0.0948. The van der Waals surface area contributed by atoms with Crippen molar-refractivity contribution in [1.82, 2.24) is 9.88 Å². The number of aromatic nitrogens is 1. The number of aryl methyl sites for hydroxylation is 1. The predicted octanol–water partition coefficient (Wildman–Crippen LogP) is 2.76. The van der Waals surface area contributed by atoms with Crippen LogP contribution in [-0.4, -0.2) is 24.6 Å². The van der Waals surface area contributed by atoms with Crippen LogP contribution in [0.4, 0.5) is 0 Å². The quantitative estimate of drug-likeness (QED) is 0.772. The van der Waals surface area contributed by atoms with Gasteiger partial charge in [-0.3, -0.25) is 9.59 Å². The number of halogens is 1. The number of amides is 1. The zero-order valence-corrected chi connectivity index (χ0v) is 17.8. The summed E-state index contributed by atoms with van der Waals surface area (Å²) in [6.45, 7) is 6.00. The van der Waals surface area contributed by atoms with Gasteiger partial charge in [0.25, 0.3) is 5.91 Å². The van der Waals surface area contributed by atoms with Gasteiger partial charge in [-0.2, -0.15) is 0 Å². The molecular formula is C19H21BrN2O4S. The Labute approximate surface area is 166 Å². The van der Waals surface area contributed by atoms with E-state index in [1.807, 2.05) is 25.3 Å². The van der Waals surface area contributed by atoms with Crippen LogP contribution < -0.4 is 10.7 Å². The molecule has 0 saturated heterocycles. The minimum Gasteiger partial charge on any atom is -0.348 e. The first-order valence-electron chi connectivity index (χ1n) is 8.66. The van der Waals surface area contributed by atoms with E-state index in [2.05, 4.69) is 21.2 Å². The molecule has 0 unspecified atom stereocenters. The van der Waals surface area contributed by atoms with Crippen LogP contribution in [-0.2, 0) is 22.8 Å². The number of carbonyl (C=O) groups excluding carboxylic acids is 1. The van der Waals surface area contributed by atoms with Gasteiger partial charge in [-0.1, -0.05) is 12.1 Å². The van der Waals surface area contributed by atoms with Gasteiger partial charge in [0.2, 0.25) is 5.43 Å². The van der Waals surface area contributed by atoms with Crippen molar-refractivity contribution in [3.63, 3.8) is 0 Å². The molecule has 1 N–H and O–H groups in total. The summed E-state index contributed by atoms with van der Waals surface area (Å²) >= 11 is 3.29. The van der Waals surface area contributed by atoms with Crippen LogP contribution in [0.25, 0.3) is 0 Å². The number of carbonyl (C=O) groups is 1. The second kappa shape index (κ2) is 7.24. The lowest BCUT2D eigenvalue weighted by Crippen LogP contribution is -2.30. The van der Waals surface area contributed by atoms with E-state index in [9.17, 15) is 18.0 Å². The average Bonchev–Trinajstić information content (AvgIpc) is 2.92. The number of hydrogen-bond acceptors (Lipinski definition) is 4. The topological polar surface area (TPSA) is 85.2 Å². The largest absolute Gasteiger partial charge is 0.348 e. The molecule has 1 aromatic heterocycles. The minimum atomic E-state index is -3.16. The van der Waals surface area contributed by atoms with Crippen molar-refractivity contribution < 1.29 is 13.2 Å². The second-order valence-electron chi connectivity index (χ2n) is 6.97. The zero-order valence-electron chi connectivity index (χ0n) is 15.4. The van der Waals surface area contributed by atoms with Crippen LogP contribution in [0.1, 0.15) is 47.1 Å². The molecule has 0 atom stereocenters. The molecule has 0 fully saturated rings. The number of fused-ring (bicyclic) bond motifs is 1. The molecule has 8 heteroatoms. The fraction of sp³-hybridized carbons (Fsp3) is 0.368. The number of benzene rings is 1. The Hall–Kier alpha value is -1.93. The van der Waals surface area contributed by atoms with Crippen molar-refractivity contribution in [2.75, 3.05) is 5.75 Å². The number of pyridine rings is 1. The van der Waals surface area contributed by atoms with Crippen molar-refractivity contribution in [3.8, 4) is 0 Å². The Bertz CT molecular complexity index is 1090. The fourth-order valence-corrected chi connectivity index (χ4v) is 5.22. The molecule has 2 heterocycles.